The highest BCUT2D eigenvalue weighted by Gasteiger charge is 2.18. The number of rotatable bonds is 5. The second-order valence-electron chi connectivity index (χ2n) is 5.70. The Morgan fingerprint density at radius 3 is 2.89 bits per heavy atom. The molecule has 0 aromatic heterocycles. The fourth-order valence-corrected chi connectivity index (χ4v) is 3.28. The van der Waals surface area contributed by atoms with Crippen LogP contribution in [0.3, 0.4) is 0 Å². The summed E-state index contributed by atoms with van der Waals surface area (Å²) in [6.45, 7) is 6.01. The van der Waals surface area contributed by atoms with Crippen molar-refractivity contribution in [2.24, 2.45) is 5.92 Å². The normalized spacial score (nSPS) is 22.4. The van der Waals surface area contributed by atoms with Crippen LogP contribution in [-0.4, -0.2) is 31.6 Å². The lowest BCUT2D eigenvalue weighted by Gasteiger charge is -2.32. The van der Waals surface area contributed by atoms with Crippen LogP contribution in [-0.2, 0) is 0 Å². The summed E-state index contributed by atoms with van der Waals surface area (Å²) in [6.07, 6.45) is 3.85. The predicted molar refractivity (Wildman–Crippen MR) is 82.7 cm³/mol. The van der Waals surface area contributed by atoms with E-state index in [9.17, 15) is 0 Å². The first-order valence-electron chi connectivity index (χ1n) is 7.34. The molecule has 3 heteroatoms. The first kappa shape index (κ1) is 14.8. The fraction of sp³-hybridized carbons (Fsp3) is 0.625. The molecule has 1 aliphatic rings. The first-order chi connectivity index (χ1) is 9.20. The molecule has 1 saturated heterocycles. The zero-order valence-corrected chi connectivity index (χ0v) is 12.8. The number of nitrogens with zero attached hydrogens (tertiary/aromatic N) is 1. The topological polar surface area (TPSA) is 15.3 Å². The lowest BCUT2D eigenvalue weighted by Crippen LogP contribution is -2.36. The van der Waals surface area contributed by atoms with Crippen LogP contribution in [0.1, 0.15) is 37.8 Å². The van der Waals surface area contributed by atoms with Gasteiger partial charge in [0.25, 0.3) is 0 Å². The van der Waals surface area contributed by atoms with Crippen LogP contribution in [0, 0.1) is 5.92 Å². The second kappa shape index (κ2) is 7.28. The molecule has 2 atom stereocenters. The van der Waals surface area contributed by atoms with E-state index < -0.39 is 0 Å². The van der Waals surface area contributed by atoms with Crippen LogP contribution in [0.4, 0.5) is 0 Å². The summed E-state index contributed by atoms with van der Waals surface area (Å²) in [5.74, 6) is 0.849. The van der Waals surface area contributed by atoms with Gasteiger partial charge in [-0.1, -0.05) is 36.7 Å². The van der Waals surface area contributed by atoms with E-state index in [1.807, 2.05) is 19.2 Å². The third kappa shape index (κ3) is 4.20. The lowest BCUT2D eigenvalue weighted by atomic mass is 9.99. The molecule has 0 spiro atoms. The van der Waals surface area contributed by atoms with Gasteiger partial charge in [-0.05, 0) is 56.9 Å². The first-order valence-corrected chi connectivity index (χ1v) is 7.72. The van der Waals surface area contributed by atoms with Crippen molar-refractivity contribution < 1.29 is 0 Å². The third-order valence-electron chi connectivity index (χ3n) is 4.10. The molecule has 1 aromatic carbocycles. The van der Waals surface area contributed by atoms with Crippen molar-refractivity contribution in [1.82, 2.24) is 10.2 Å². The van der Waals surface area contributed by atoms with Crippen LogP contribution in [0.2, 0.25) is 5.02 Å². The molecule has 1 heterocycles. The zero-order valence-electron chi connectivity index (χ0n) is 12.0. The van der Waals surface area contributed by atoms with Gasteiger partial charge in [0.2, 0.25) is 0 Å². The summed E-state index contributed by atoms with van der Waals surface area (Å²) in [7, 11) is 2.02. The van der Waals surface area contributed by atoms with E-state index >= 15 is 0 Å². The largest absolute Gasteiger partial charge is 0.313 e. The highest BCUT2D eigenvalue weighted by molar-refractivity contribution is 6.31. The van der Waals surface area contributed by atoms with Gasteiger partial charge in [0.15, 0.2) is 0 Å². The maximum atomic E-state index is 6.29. The molecule has 106 valence electrons. The zero-order chi connectivity index (χ0) is 13.7. The van der Waals surface area contributed by atoms with Crippen molar-refractivity contribution in [2.45, 2.75) is 32.2 Å². The lowest BCUT2D eigenvalue weighted by molar-refractivity contribution is 0.176. The molecule has 2 unspecified atom stereocenters. The molecule has 19 heavy (non-hydrogen) atoms. The number of hydrogen-bond donors (Lipinski definition) is 1. The van der Waals surface area contributed by atoms with Crippen molar-refractivity contribution in [1.29, 1.82) is 0 Å². The number of halogens is 1. The third-order valence-corrected chi connectivity index (χ3v) is 4.45. The average molecular weight is 281 g/mol. The molecule has 2 rings (SSSR count). The molecule has 0 saturated carbocycles. The molecule has 1 N–H and O–H groups in total. The Kier molecular flexibility index (Phi) is 5.68. The van der Waals surface area contributed by atoms with Gasteiger partial charge >= 0.3 is 0 Å². The van der Waals surface area contributed by atoms with Gasteiger partial charge in [0.05, 0.1) is 0 Å². The molecule has 0 aliphatic carbocycles. The number of benzene rings is 1. The molecule has 1 fully saturated rings. The van der Waals surface area contributed by atoms with Gasteiger partial charge in [-0.15, -0.1) is 0 Å². The van der Waals surface area contributed by atoms with E-state index in [-0.39, 0.29) is 0 Å². The standard InChI is InChI=1S/C16H25ClN2/c1-13-6-5-10-19(12-13)11-9-16(18-2)14-7-3-4-8-15(14)17/h3-4,7-8,13,16,18H,5-6,9-12H2,1-2H3. The van der Waals surface area contributed by atoms with Gasteiger partial charge in [-0.2, -0.15) is 0 Å². The van der Waals surface area contributed by atoms with Crippen molar-refractivity contribution in [2.75, 3.05) is 26.7 Å². The Bertz CT molecular complexity index is 394. The van der Waals surface area contributed by atoms with Crippen LogP contribution >= 0.6 is 11.6 Å². The van der Waals surface area contributed by atoms with Crippen molar-refractivity contribution in [3.63, 3.8) is 0 Å². The monoisotopic (exact) mass is 280 g/mol. The van der Waals surface area contributed by atoms with E-state index in [1.54, 1.807) is 0 Å². The van der Waals surface area contributed by atoms with Gasteiger partial charge < -0.3 is 10.2 Å². The second-order valence-corrected chi connectivity index (χ2v) is 6.11. The minimum Gasteiger partial charge on any atom is -0.313 e. The highest BCUT2D eigenvalue weighted by atomic mass is 35.5. The highest BCUT2D eigenvalue weighted by Crippen LogP contribution is 2.25. The maximum Gasteiger partial charge on any atom is 0.0453 e. The van der Waals surface area contributed by atoms with E-state index in [2.05, 4.69) is 29.3 Å². The summed E-state index contributed by atoms with van der Waals surface area (Å²) in [5, 5.41) is 4.27. The number of nitrogens with one attached hydrogen (secondary N) is 1. The summed E-state index contributed by atoms with van der Waals surface area (Å²) >= 11 is 6.29. The Hall–Kier alpha value is -0.570. The minimum absolute atomic E-state index is 0.353. The molecule has 1 aromatic rings. The van der Waals surface area contributed by atoms with Gasteiger partial charge in [0, 0.05) is 17.6 Å². The minimum atomic E-state index is 0.353. The molecule has 0 amide bonds. The van der Waals surface area contributed by atoms with Crippen molar-refractivity contribution in [3.8, 4) is 0 Å². The van der Waals surface area contributed by atoms with Crippen LogP contribution in [0.25, 0.3) is 0 Å². The Labute approximate surface area is 122 Å². The fourth-order valence-electron chi connectivity index (χ4n) is 3.01. The molecule has 2 nitrogen and oxygen atoms in total. The number of piperidine rings is 1. The van der Waals surface area contributed by atoms with E-state index in [0.29, 0.717) is 6.04 Å². The van der Waals surface area contributed by atoms with Crippen LogP contribution < -0.4 is 5.32 Å². The molecule has 0 bridgehead atoms. The summed E-state index contributed by atoms with van der Waals surface area (Å²) < 4.78 is 0. The predicted octanol–water partition coefficient (Wildman–Crippen LogP) is 3.72. The van der Waals surface area contributed by atoms with Crippen molar-refractivity contribution >= 4 is 11.6 Å². The van der Waals surface area contributed by atoms with Crippen molar-refractivity contribution in [3.05, 3.63) is 34.9 Å². The Morgan fingerprint density at radius 2 is 2.21 bits per heavy atom. The van der Waals surface area contributed by atoms with Gasteiger partial charge in [0.1, 0.15) is 0 Å². The summed E-state index contributed by atoms with van der Waals surface area (Å²) in [5.41, 5.74) is 1.22. The van der Waals surface area contributed by atoms with Crippen LogP contribution in [0.15, 0.2) is 24.3 Å². The quantitative estimate of drug-likeness (QED) is 0.884. The Morgan fingerprint density at radius 1 is 1.42 bits per heavy atom. The van der Waals surface area contributed by atoms with Crippen LogP contribution in [0.5, 0.6) is 0 Å². The van der Waals surface area contributed by atoms with E-state index in [0.717, 1.165) is 23.9 Å². The molecular weight excluding hydrogens is 256 g/mol. The SMILES string of the molecule is CNC(CCN1CCCC(C)C1)c1ccccc1Cl. The summed E-state index contributed by atoms with van der Waals surface area (Å²) in [4.78, 5) is 2.59. The number of likely N-dealkylation sites (tertiary alicyclic amines) is 1. The smallest absolute Gasteiger partial charge is 0.0453 e. The van der Waals surface area contributed by atoms with E-state index in [1.165, 1.54) is 31.5 Å². The summed E-state index contributed by atoms with van der Waals surface area (Å²) in [6, 6.07) is 8.51. The molecular formula is C16H25ClN2. The average Bonchev–Trinajstić information content (AvgIpc) is 2.41. The maximum absolute atomic E-state index is 6.29. The number of hydrogen-bond acceptors (Lipinski definition) is 2. The molecule has 0 radical (unpaired) electrons. The van der Waals surface area contributed by atoms with Gasteiger partial charge in [-0.3, -0.25) is 0 Å². The molecule has 1 aliphatic heterocycles. The van der Waals surface area contributed by atoms with Gasteiger partial charge in [-0.25, -0.2) is 0 Å². The van der Waals surface area contributed by atoms with E-state index in [4.69, 9.17) is 11.6 Å². The Balaban J connectivity index is 1.91.